The number of benzene rings is 1. The first-order valence-corrected chi connectivity index (χ1v) is 11.2. The van der Waals surface area contributed by atoms with Gasteiger partial charge in [-0.3, -0.25) is 9.59 Å². The molecule has 8 nitrogen and oxygen atoms in total. The summed E-state index contributed by atoms with van der Waals surface area (Å²) in [7, 11) is 0. The number of aromatic nitrogens is 1. The Bertz CT molecular complexity index is 1090. The minimum Gasteiger partial charge on any atom is -0.481 e. The van der Waals surface area contributed by atoms with Gasteiger partial charge in [0.05, 0.1) is 31.1 Å². The molecule has 1 aliphatic rings. The van der Waals surface area contributed by atoms with E-state index in [0.29, 0.717) is 17.7 Å². The summed E-state index contributed by atoms with van der Waals surface area (Å²) in [5.74, 6) is -2.24. The van der Waals surface area contributed by atoms with Crippen molar-refractivity contribution in [2.75, 3.05) is 25.0 Å². The van der Waals surface area contributed by atoms with Gasteiger partial charge in [0.2, 0.25) is 5.91 Å². The van der Waals surface area contributed by atoms with Crippen molar-refractivity contribution in [1.82, 2.24) is 9.88 Å². The quantitative estimate of drug-likeness (QED) is 0.422. The predicted molar refractivity (Wildman–Crippen MR) is 120 cm³/mol. The van der Waals surface area contributed by atoms with Crippen molar-refractivity contribution in [2.45, 2.75) is 44.8 Å². The molecule has 188 valence electrons. The van der Waals surface area contributed by atoms with Crippen molar-refractivity contribution in [1.29, 1.82) is 0 Å². The number of rotatable bonds is 8. The van der Waals surface area contributed by atoms with Crippen LogP contribution in [0, 0.1) is 0 Å². The molecule has 0 bridgehead atoms. The number of ether oxygens (including phenoxy) is 1. The molecule has 11 heteroatoms. The Morgan fingerprint density at radius 1 is 1.23 bits per heavy atom. The first-order valence-electron chi connectivity index (χ1n) is 11.2. The number of amides is 1. The second-order valence-corrected chi connectivity index (χ2v) is 8.13. The Labute approximate surface area is 200 Å². The number of carbonyl (C=O) groups excluding carboxylic acids is 2. The van der Waals surface area contributed by atoms with Gasteiger partial charge in [-0.15, -0.1) is 0 Å². The number of carboxylic acids is 1. The molecular formula is C24H26F3N3O5. The van der Waals surface area contributed by atoms with Gasteiger partial charge in [0.1, 0.15) is 11.5 Å². The van der Waals surface area contributed by atoms with E-state index in [-0.39, 0.29) is 30.9 Å². The van der Waals surface area contributed by atoms with Gasteiger partial charge in [0, 0.05) is 18.7 Å². The molecule has 1 amide bonds. The Morgan fingerprint density at radius 2 is 2.00 bits per heavy atom. The van der Waals surface area contributed by atoms with E-state index < -0.39 is 42.2 Å². The second kappa shape index (κ2) is 11.2. The molecule has 0 radical (unpaired) electrons. The number of carbonyl (C=O) groups is 3. The third kappa shape index (κ3) is 6.71. The third-order valence-corrected chi connectivity index (χ3v) is 5.53. The zero-order valence-corrected chi connectivity index (χ0v) is 19.1. The Kier molecular flexibility index (Phi) is 8.31. The number of hydrogen-bond acceptors (Lipinski definition) is 6. The average Bonchev–Trinajstić information content (AvgIpc) is 2.97. The summed E-state index contributed by atoms with van der Waals surface area (Å²) in [4.78, 5) is 42.0. The number of alkyl halides is 3. The highest BCUT2D eigenvalue weighted by Gasteiger charge is 2.36. The van der Waals surface area contributed by atoms with E-state index >= 15 is 0 Å². The summed E-state index contributed by atoms with van der Waals surface area (Å²) in [5, 5.41) is 12.2. The van der Waals surface area contributed by atoms with Crippen LogP contribution in [-0.4, -0.2) is 52.5 Å². The van der Waals surface area contributed by atoms with Gasteiger partial charge in [-0.2, -0.15) is 13.2 Å². The fourth-order valence-corrected chi connectivity index (χ4v) is 3.82. The largest absolute Gasteiger partial charge is 0.481 e. The van der Waals surface area contributed by atoms with Crippen LogP contribution in [0.15, 0.2) is 36.4 Å². The zero-order chi connectivity index (χ0) is 25.6. The van der Waals surface area contributed by atoms with Crippen molar-refractivity contribution in [3.8, 4) is 0 Å². The lowest BCUT2D eigenvalue weighted by atomic mass is 10.0. The molecule has 0 unspecified atom stereocenters. The average molecular weight is 493 g/mol. The lowest BCUT2D eigenvalue weighted by Crippen LogP contribution is -2.38. The molecular weight excluding hydrogens is 467 g/mol. The number of carboxylic acid groups (broad SMARTS) is 1. The molecule has 0 spiro atoms. The molecule has 1 aliphatic heterocycles. The molecule has 0 saturated heterocycles. The minimum absolute atomic E-state index is 0.0627. The van der Waals surface area contributed by atoms with Crippen LogP contribution in [0.25, 0.3) is 0 Å². The van der Waals surface area contributed by atoms with E-state index in [1.807, 2.05) is 6.92 Å². The number of anilines is 1. The van der Waals surface area contributed by atoms with Crippen molar-refractivity contribution in [3.63, 3.8) is 0 Å². The molecule has 35 heavy (non-hydrogen) atoms. The maximum atomic E-state index is 13.2. The Morgan fingerprint density at radius 3 is 2.69 bits per heavy atom. The lowest BCUT2D eigenvalue weighted by Gasteiger charge is -2.29. The molecule has 2 heterocycles. The smallest absolute Gasteiger partial charge is 0.433 e. The van der Waals surface area contributed by atoms with E-state index in [1.165, 1.54) is 4.90 Å². The summed E-state index contributed by atoms with van der Waals surface area (Å²) in [6.07, 6.45) is -3.69. The zero-order valence-electron chi connectivity index (χ0n) is 19.1. The van der Waals surface area contributed by atoms with Gasteiger partial charge in [-0.25, -0.2) is 9.78 Å². The molecule has 2 aromatic rings. The van der Waals surface area contributed by atoms with E-state index in [1.54, 1.807) is 24.3 Å². The van der Waals surface area contributed by atoms with Crippen molar-refractivity contribution < 1.29 is 37.4 Å². The molecule has 0 aliphatic carbocycles. The van der Waals surface area contributed by atoms with Gasteiger partial charge in [-0.1, -0.05) is 31.5 Å². The third-order valence-electron chi connectivity index (χ3n) is 5.53. The van der Waals surface area contributed by atoms with Gasteiger partial charge >= 0.3 is 18.1 Å². The van der Waals surface area contributed by atoms with Crippen LogP contribution in [-0.2, 0) is 26.9 Å². The SMILES string of the molecule is CCCCOC(=O)c1cccc(CC(=O)N2CCNc3nc(C(F)(F)F)ccc3[C@H]2CC(=O)O)c1. The second-order valence-electron chi connectivity index (χ2n) is 8.13. The standard InChI is InChI=1S/C24H26F3N3O5/c1-2-3-11-35-23(34)16-6-4-5-15(12-16)13-20(31)30-10-9-28-22-17(18(30)14-21(32)33)7-8-19(29-22)24(25,26)27/h4-8,12,18H,2-3,9-11,13-14H2,1H3,(H,28,29)(H,32,33)/t18-/m1/s1. The highest BCUT2D eigenvalue weighted by molar-refractivity contribution is 5.90. The van der Waals surface area contributed by atoms with Crippen molar-refractivity contribution in [2.24, 2.45) is 0 Å². The number of pyridine rings is 1. The lowest BCUT2D eigenvalue weighted by molar-refractivity contribution is -0.142. The summed E-state index contributed by atoms with van der Waals surface area (Å²) < 4.78 is 44.5. The van der Waals surface area contributed by atoms with Crippen LogP contribution in [0.4, 0.5) is 19.0 Å². The number of aliphatic carboxylic acids is 1. The number of nitrogens with zero attached hydrogens (tertiary/aromatic N) is 2. The van der Waals surface area contributed by atoms with Gasteiger partial charge in [-0.05, 0) is 30.2 Å². The number of hydrogen-bond donors (Lipinski definition) is 2. The molecule has 0 fully saturated rings. The first kappa shape index (κ1) is 26.0. The number of esters is 1. The van der Waals surface area contributed by atoms with Crippen LogP contribution >= 0.6 is 0 Å². The number of fused-ring (bicyclic) bond motifs is 1. The molecule has 1 aromatic heterocycles. The number of halogens is 3. The predicted octanol–water partition coefficient (Wildman–Crippen LogP) is 4.07. The van der Waals surface area contributed by atoms with Crippen LogP contribution < -0.4 is 5.32 Å². The van der Waals surface area contributed by atoms with E-state index in [2.05, 4.69) is 10.3 Å². The van der Waals surface area contributed by atoms with Crippen LogP contribution in [0.5, 0.6) is 0 Å². The number of unbranched alkanes of at least 4 members (excludes halogenated alkanes) is 1. The van der Waals surface area contributed by atoms with Crippen LogP contribution in [0.3, 0.4) is 0 Å². The fourth-order valence-electron chi connectivity index (χ4n) is 3.82. The summed E-state index contributed by atoms with van der Waals surface area (Å²) in [6, 6.07) is 7.32. The van der Waals surface area contributed by atoms with Crippen LogP contribution in [0.2, 0.25) is 0 Å². The Hall–Kier alpha value is -3.63. The summed E-state index contributed by atoms with van der Waals surface area (Å²) in [5.41, 5.74) is -0.100. The monoisotopic (exact) mass is 493 g/mol. The van der Waals surface area contributed by atoms with Gasteiger partial charge in [0.15, 0.2) is 0 Å². The Balaban J connectivity index is 1.84. The van der Waals surface area contributed by atoms with Crippen LogP contribution in [0.1, 0.15) is 59.4 Å². The van der Waals surface area contributed by atoms with E-state index in [9.17, 15) is 32.7 Å². The van der Waals surface area contributed by atoms with E-state index in [0.717, 1.165) is 25.0 Å². The number of nitrogens with one attached hydrogen (secondary N) is 1. The minimum atomic E-state index is -4.66. The maximum absolute atomic E-state index is 13.2. The summed E-state index contributed by atoms with van der Waals surface area (Å²) >= 11 is 0. The topological polar surface area (TPSA) is 109 Å². The highest BCUT2D eigenvalue weighted by Crippen LogP contribution is 2.35. The van der Waals surface area contributed by atoms with Crippen molar-refractivity contribution >= 4 is 23.7 Å². The summed E-state index contributed by atoms with van der Waals surface area (Å²) in [6.45, 7) is 2.42. The molecule has 3 rings (SSSR count). The fraction of sp³-hybridized carbons (Fsp3) is 0.417. The maximum Gasteiger partial charge on any atom is 0.433 e. The molecule has 1 atom stereocenters. The van der Waals surface area contributed by atoms with Crippen molar-refractivity contribution in [3.05, 3.63) is 58.8 Å². The molecule has 0 saturated carbocycles. The molecule has 2 N–H and O–H groups in total. The van der Waals surface area contributed by atoms with Gasteiger partial charge < -0.3 is 20.1 Å². The highest BCUT2D eigenvalue weighted by atomic mass is 19.4. The molecule has 1 aromatic carbocycles. The van der Waals surface area contributed by atoms with E-state index in [4.69, 9.17) is 4.74 Å². The van der Waals surface area contributed by atoms with Gasteiger partial charge in [0.25, 0.3) is 0 Å². The normalized spacial score (nSPS) is 15.5. The first-order chi connectivity index (χ1) is 16.6.